The highest BCUT2D eigenvalue weighted by Gasteiger charge is 2.22. The summed E-state index contributed by atoms with van der Waals surface area (Å²) in [5.41, 5.74) is 1.46. The molecule has 0 spiro atoms. The van der Waals surface area contributed by atoms with Crippen LogP contribution in [0.5, 0.6) is 0 Å². The molecule has 1 heterocycles. The minimum atomic E-state index is -1.11. The molecule has 5 heteroatoms. The van der Waals surface area contributed by atoms with Crippen LogP contribution in [-0.2, 0) is 6.54 Å². The smallest absolute Gasteiger partial charge is 0.129 e. The summed E-state index contributed by atoms with van der Waals surface area (Å²) in [6.07, 6.45) is 1.22. The highest BCUT2D eigenvalue weighted by atomic mass is 35.5. The first-order valence-corrected chi connectivity index (χ1v) is 6.57. The molecular formula is C14H16ClFN2O. The fraction of sp³-hybridized carbons (Fsp3) is 0.357. The SMILES string of the molecule is CCCn1ncc(Cl)c1C(O)c1ccc(C)cc1F. The molecule has 1 N–H and O–H groups in total. The number of aliphatic hydroxyl groups excluding tert-OH is 1. The van der Waals surface area contributed by atoms with E-state index in [-0.39, 0.29) is 5.56 Å². The van der Waals surface area contributed by atoms with Crippen LogP contribution in [0.2, 0.25) is 5.02 Å². The maximum absolute atomic E-state index is 13.9. The highest BCUT2D eigenvalue weighted by Crippen LogP contribution is 2.30. The molecule has 0 bridgehead atoms. The van der Waals surface area contributed by atoms with Crippen LogP contribution in [0.4, 0.5) is 4.39 Å². The minimum absolute atomic E-state index is 0.213. The van der Waals surface area contributed by atoms with Gasteiger partial charge in [0.15, 0.2) is 0 Å². The van der Waals surface area contributed by atoms with E-state index in [9.17, 15) is 9.50 Å². The fourth-order valence-corrected chi connectivity index (χ4v) is 2.28. The van der Waals surface area contributed by atoms with Gasteiger partial charge < -0.3 is 5.11 Å². The summed E-state index contributed by atoms with van der Waals surface area (Å²) in [6, 6.07) is 4.73. The maximum Gasteiger partial charge on any atom is 0.129 e. The second-order valence-electron chi connectivity index (χ2n) is 4.53. The molecule has 1 aromatic heterocycles. The minimum Gasteiger partial charge on any atom is -0.382 e. The first-order valence-electron chi connectivity index (χ1n) is 6.20. The van der Waals surface area contributed by atoms with Crippen LogP contribution in [0.25, 0.3) is 0 Å². The molecule has 0 saturated heterocycles. The number of aromatic nitrogens is 2. The van der Waals surface area contributed by atoms with Crippen molar-refractivity contribution in [2.45, 2.75) is 32.9 Å². The third kappa shape index (κ3) is 2.80. The Hall–Kier alpha value is -1.39. The van der Waals surface area contributed by atoms with E-state index in [1.807, 2.05) is 6.92 Å². The molecule has 2 aromatic rings. The van der Waals surface area contributed by atoms with Gasteiger partial charge in [0.05, 0.1) is 16.9 Å². The van der Waals surface area contributed by atoms with E-state index in [0.29, 0.717) is 17.3 Å². The number of rotatable bonds is 4. The first-order chi connectivity index (χ1) is 9.04. The van der Waals surface area contributed by atoms with Gasteiger partial charge in [-0.05, 0) is 25.0 Å². The zero-order valence-electron chi connectivity index (χ0n) is 10.9. The van der Waals surface area contributed by atoms with Crippen molar-refractivity contribution in [3.8, 4) is 0 Å². The van der Waals surface area contributed by atoms with Crippen molar-refractivity contribution < 1.29 is 9.50 Å². The molecule has 0 aliphatic carbocycles. The number of aliphatic hydroxyl groups is 1. The van der Waals surface area contributed by atoms with E-state index in [0.717, 1.165) is 12.0 Å². The van der Waals surface area contributed by atoms with Crippen LogP contribution in [0.3, 0.4) is 0 Å². The van der Waals surface area contributed by atoms with Crippen LogP contribution < -0.4 is 0 Å². The summed E-state index contributed by atoms with van der Waals surface area (Å²) in [4.78, 5) is 0. The Morgan fingerprint density at radius 3 is 2.84 bits per heavy atom. The molecule has 0 fully saturated rings. The Labute approximate surface area is 116 Å². The van der Waals surface area contributed by atoms with Gasteiger partial charge in [0, 0.05) is 12.1 Å². The molecule has 3 nitrogen and oxygen atoms in total. The zero-order valence-corrected chi connectivity index (χ0v) is 11.7. The molecule has 0 aliphatic heterocycles. The third-order valence-corrected chi connectivity index (χ3v) is 3.27. The normalized spacial score (nSPS) is 12.7. The molecule has 1 unspecified atom stereocenters. The summed E-state index contributed by atoms with van der Waals surface area (Å²) >= 11 is 6.04. The van der Waals surface area contributed by atoms with Crippen molar-refractivity contribution in [1.29, 1.82) is 0 Å². The molecular weight excluding hydrogens is 267 g/mol. The Kier molecular flexibility index (Phi) is 4.22. The lowest BCUT2D eigenvalue weighted by molar-refractivity contribution is 0.202. The van der Waals surface area contributed by atoms with E-state index in [1.165, 1.54) is 12.3 Å². The van der Waals surface area contributed by atoms with Gasteiger partial charge in [0.25, 0.3) is 0 Å². The number of nitrogens with zero attached hydrogens (tertiary/aromatic N) is 2. The number of hydrogen-bond donors (Lipinski definition) is 1. The average molecular weight is 283 g/mol. The lowest BCUT2D eigenvalue weighted by Gasteiger charge is -2.15. The predicted octanol–water partition coefficient (Wildman–Crippen LogP) is 3.48. The Morgan fingerprint density at radius 2 is 2.21 bits per heavy atom. The van der Waals surface area contributed by atoms with Crippen molar-refractivity contribution in [1.82, 2.24) is 9.78 Å². The molecule has 0 saturated carbocycles. The lowest BCUT2D eigenvalue weighted by atomic mass is 10.0. The quantitative estimate of drug-likeness (QED) is 0.932. The van der Waals surface area contributed by atoms with Gasteiger partial charge in [-0.15, -0.1) is 0 Å². The second-order valence-corrected chi connectivity index (χ2v) is 4.94. The van der Waals surface area contributed by atoms with E-state index in [4.69, 9.17) is 11.6 Å². The molecule has 102 valence electrons. The average Bonchev–Trinajstić information content (AvgIpc) is 2.70. The maximum atomic E-state index is 13.9. The molecule has 0 amide bonds. The Balaban J connectivity index is 2.43. The Morgan fingerprint density at radius 1 is 1.47 bits per heavy atom. The van der Waals surface area contributed by atoms with Gasteiger partial charge in [0.1, 0.15) is 11.9 Å². The Bertz CT molecular complexity index is 583. The van der Waals surface area contributed by atoms with E-state index in [1.54, 1.807) is 23.7 Å². The van der Waals surface area contributed by atoms with Crippen molar-refractivity contribution in [3.63, 3.8) is 0 Å². The van der Waals surface area contributed by atoms with E-state index >= 15 is 0 Å². The molecule has 19 heavy (non-hydrogen) atoms. The highest BCUT2D eigenvalue weighted by molar-refractivity contribution is 6.31. The summed E-state index contributed by atoms with van der Waals surface area (Å²) in [7, 11) is 0. The number of aryl methyl sites for hydroxylation is 2. The zero-order chi connectivity index (χ0) is 14.0. The van der Waals surface area contributed by atoms with Crippen LogP contribution in [0, 0.1) is 12.7 Å². The van der Waals surface area contributed by atoms with Crippen LogP contribution in [-0.4, -0.2) is 14.9 Å². The van der Waals surface area contributed by atoms with E-state index in [2.05, 4.69) is 5.10 Å². The lowest BCUT2D eigenvalue weighted by Crippen LogP contribution is -2.12. The van der Waals surface area contributed by atoms with Crippen LogP contribution in [0.15, 0.2) is 24.4 Å². The van der Waals surface area contributed by atoms with Crippen molar-refractivity contribution in [2.24, 2.45) is 0 Å². The van der Waals surface area contributed by atoms with Crippen LogP contribution >= 0.6 is 11.6 Å². The number of hydrogen-bond acceptors (Lipinski definition) is 2. The van der Waals surface area contributed by atoms with Gasteiger partial charge in [-0.1, -0.05) is 30.7 Å². The van der Waals surface area contributed by atoms with Crippen molar-refractivity contribution >= 4 is 11.6 Å². The van der Waals surface area contributed by atoms with Crippen molar-refractivity contribution in [2.75, 3.05) is 0 Å². The molecule has 0 radical (unpaired) electrons. The summed E-state index contributed by atoms with van der Waals surface area (Å²) in [5.74, 6) is -0.437. The van der Waals surface area contributed by atoms with Gasteiger partial charge in [0.2, 0.25) is 0 Å². The second kappa shape index (κ2) is 5.72. The van der Waals surface area contributed by atoms with Gasteiger partial charge in [-0.3, -0.25) is 4.68 Å². The summed E-state index contributed by atoms with van der Waals surface area (Å²) in [5, 5.41) is 14.8. The fourth-order valence-electron chi connectivity index (χ4n) is 2.03. The molecule has 2 rings (SSSR count). The van der Waals surface area contributed by atoms with Gasteiger partial charge in [-0.25, -0.2) is 4.39 Å². The summed E-state index contributed by atoms with van der Waals surface area (Å²) in [6.45, 7) is 4.43. The van der Waals surface area contributed by atoms with Gasteiger partial charge in [-0.2, -0.15) is 5.10 Å². The topological polar surface area (TPSA) is 38.0 Å². The number of benzene rings is 1. The first kappa shape index (κ1) is 14.0. The van der Waals surface area contributed by atoms with E-state index < -0.39 is 11.9 Å². The molecule has 1 aromatic carbocycles. The van der Waals surface area contributed by atoms with Crippen LogP contribution in [0.1, 0.15) is 36.3 Å². The number of halogens is 2. The third-order valence-electron chi connectivity index (χ3n) is 2.98. The standard InChI is InChI=1S/C14H16ClFN2O/c1-3-6-18-13(11(15)8-17-18)14(19)10-5-4-9(2)7-12(10)16/h4-5,7-8,14,19H,3,6H2,1-2H3. The van der Waals surface area contributed by atoms with Gasteiger partial charge >= 0.3 is 0 Å². The summed E-state index contributed by atoms with van der Waals surface area (Å²) < 4.78 is 15.5. The monoisotopic (exact) mass is 282 g/mol. The molecule has 0 aliphatic rings. The van der Waals surface area contributed by atoms with Crippen molar-refractivity contribution in [3.05, 3.63) is 52.1 Å². The molecule has 1 atom stereocenters. The largest absolute Gasteiger partial charge is 0.382 e. The predicted molar refractivity (Wildman–Crippen MR) is 72.7 cm³/mol.